The molecule has 2 nitrogen and oxygen atoms in total. The van der Waals surface area contributed by atoms with E-state index in [-0.39, 0.29) is 0 Å². The zero-order valence-electron chi connectivity index (χ0n) is 13.2. The lowest BCUT2D eigenvalue weighted by molar-refractivity contribution is 1.11. The molecule has 3 aromatic rings. The van der Waals surface area contributed by atoms with E-state index in [4.69, 9.17) is 4.98 Å². The fraction of sp³-hybridized carbons (Fsp3) is 0.211. The third-order valence-electron chi connectivity index (χ3n) is 3.66. The number of fused-ring (bicyclic) bond motifs is 1. The molecule has 3 rings (SSSR count). The van der Waals surface area contributed by atoms with Crippen LogP contribution in [0, 0.1) is 0 Å². The van der Waals surface area contributed by atoms with Crippen LogP contribution in [0.5, 0.6) is 0 Å². The second kappa shape index (κ2) is 6.32. The quantitative estimate of drug-likeness (QED) is 0.624. The molecule has 22 heavy (non-hydrogen) atoms. The molecular weight excluding hydrogens is 288 g/mol. The zero-order valence-corrected chi connectivity index (χ0v) is 14.0. The number of nitrogens with zero attached hydrogens (tertiary/aromatic N) is 2. The molecule has 0 amide bonds. The van der Waals surface area contributed by atoms with Crippen LogP contribution in [-0.2, 0) is 6.42 Å². The molecule has 1 heterocycles. The van der Waals surface area contributed by atoms with Gasteiger partial charge in [0.1, 0.15) is 0 Å². The first-order valence-corrected chi connectivity index (χ1v) is 8.33. The van der Waals surface area contributed by atoms with E-state index in [1.807, 2.05) is 0 Å². The van der Waals surface area contributed by atoms with Gasteiger partial charge in [-0.2, -0.15) is 0 Å². The zero-order chi connectivity index (χ0) is 15.5. The molecule has 0 N–H and O–H groups in total. The summed E-state index contributed by atoms with van der Waals surface area (Å²) in [5.74, 6) is 0. The third kappa shape index (κ3) is 3.04. The molecule has 0 atom stereocenters. The predicted molar refractivity (Wildman–Crippen MR) is 98.7 cm³/mol. The Labute approximate surface area is 135 Å². The molecule has 0 saturated heterocycles. The van der Waals surface area contributed by atoms with Crippen LogP contribution in [0.1, 0.15) is 23.1 Å². The largest absolute Gasteiger partial charge is 0.378 e. The highest BCUT2D eigenvalue weighted by Crippen LogP contribution is 2.26. The molecule has 1 aromatic heterocycles. The van der Waals surface area contributed by atoms with Gasteiger partial charge in [0.2, 0.25) is 0 Å². The van der Waals surface area contributed by atoms with Crippen molar-refractivity contribution < 1.29 is 0 Å². The number of para-hydroxylation sites is 1. The van der Waals surface area contributed by atoms with Crippen molar-refractivity contribution in [1.29, 1.82) is 0 Å². The summed E-state index contributed by atoms with van der Waals surface area (Å²) in [5.41, 5.74) is 4.72. The molecule has 0 bridgehead atoms. The fourth-order valence-corrected chi connectivity index (χ4v) is 3.31. The van der Waals surface area contributed by atoms with Crippen molar-refractivity contribution in [3.8, 4) is 0 Å². The molecule has 3 heteroatoms. The molecule has 0 aliphatic rings. The van der Waals surface area contributed by atoms with Gasteiger partial charge in [-0.1, -0.05) is 43.3 Å². The van der Waals surface area contributed by atoms with Gasteiger partial charge in [-0.25, -0.2) is 4.98 Å². The molecule has 0 saturated carbocycles. The van der Waals surface area contributed by atoms with Crippen LogP contribution in [-0.4, -0.2) is 19.1 Å². The van der Waals surface area contributed by atoms with E-state index in [9.17, 15) is 0 Å². The van der Waals surface area contributed by atoms with Crippen molar-refractivity contribution >= 4 is 39.4 Å². The minimum Gasteiger partial charge on any atom is -0.378 e. The Kier molecular flexibility index (Phi) is 4.25. The van der Waals surface area contributed by atoms with Gasteiger partial charge in [0.25, 0.3) is 0 Å². The van der Waals surface area contributed by atoms with E-state index in [0.717, 1.165) is 11.9 Å². The second-order valence-electron chi connectivity index (χ2n) is 5.47. The SMILES string of the molecule is CCc1nc2c(/C=C/c3ccc(N(C)C)cc3)cccc2s1. The summed E-state index contributed by atoms with van der Waals surface area (Å²) in [6.07, 6.45) is 5.31. The number of rotatable bonds is 4. The first-order valence-electron chi connectivity index (χ1n) is 7.51. The van der Waals surface area contributed by atoms with Crippen LogP contribution < -0.4 is 4.90 Å². The second-order valence-corrected chi connectivity index (χ2v) is 6.59. The maximum absolute atomic E-state index is 4.74. The highest BCUT2D eigenvalue weighted by molar-refractivity contribution is 7.18. The fourth-order valence-electron chi connectivity index (χ4n) is 2.37. The van der Waals surface area contributed by atoms with Crippen LogP contribution in [0.15, 0.2) is 42.5 Å². The third-order valence-corrected chi connectivity index (χ3v) is 4.83. The van der Waals surface area contributed by atoms with Gasteiger partial charge in [0.05, 0.1) is 15.2 Å². The maximum atomic E-state index is 4.74. The molecule has 0 aliphatic heterocycles. The summed E-state index contributed by atoms with van der Waals surface area (Å²) in [6.45, 7) is 2.15. The van der Waals surface area contributed by atoms with Crippen molar-refractivity contribution in [3.05, 3.63) is 58.6 Å². The van der Waals surface area contributed by atoms with Crippen LogP contribution in [0.4, 0.5) is 5.69 Å². The minimum absolute atomic E-state index is 0.995. The summed E-state index contributed by atoms with van der Waals surface area (Å²) in [7, 11) is 4.11. The summed E-state index contributed by atoms with van der Waals surface area (Å²) in [5, 5.41) is 1.20. The summed E-state index contributed by atoms with van der Waals surface area (Å²) < 4.78 is 1.27. The van der Waals surface area contributed by atoms with Gasteiger partial charge in [-0.15, -0.1) is 11.3 Å². The number of thiazole rings is 1. The number of hydrogen-bond acceptors (Lipinski definition) is 3. The van der Waals surface area contributed by atoms with Gasteiger partial charge < -0.3 is 4.90 Å². The normalized spacial score (nSPS) is 11.4. The summed E-state index contributed by atoms with van der Waals surface area (Å²) in [4.78, 5) is 6.85. The summed E-state index contributed by atoms with van der Waals surface area (Å²) in [6, 6.07) is 14.9. The Balaban J connectivity index is 1.90. The molecule has 112 valence electrons. The lowest BCUT2D eigenvalue weighted by atomic mass is 10.1. The minimum atomic E-state index is 0.995. The standard InChI is InChI=1S/C19H20N2S/c1-4-18-20-19-15(6-5-7-17(19)22-18)11-8-14-9-12-16(13-10-14)21(2)3/h5-13H,4H2,1-3H3/b11-8+. The summed E-state index contributed by atoms with van der Waals surface area (Å²) >= 11 is 1.79. The van der Waals surface area contributed by atoms with Crippen LogP contribution in [0.2, 0.25) is 0 Å². The highest BCUT2D eigenvalue weighted by atomic mass is 32.1. The molecule has 2 aromatic carbocycles. The molecule has 0 fully saturated rings. The lowest BCUT2D eigenvalue weighted by Gasteiger charge is -2.11. The van der Waals surface area contributed by atoms with Crippen molar-refractivity contribution in [2.75, 3.05) is 19.0 Å². The van der Waals surface area contributed by atoms with E-state index in [1.165, 1.54) is 26.5 Å². The molecule has 0 aliphatic carbocycles. The average molecular weight is 308 g/mol. The Morgan fingerprint density at radius 3 is 2.50 bits per heavy atom. The smallest absolute Gasteiger partial charge is 0.0936 e. The number of aromatic nitrogens is 1. The first kappa shape index (κ1) is 14.8. The Morgan fingerprint density at radius 2 is 1.82 bits per heavy atom. The van der Waals surface area contributed by atoms with Crippen LogP contribution in [0.25, 0.3) is 22.4 Å². The van der Waals surface area contributed by atoms with E-state index in [2.05, 4.69) is 80.5 Å². The van der Waals surface area contributed by atoms with Gasteiger partial charge in [-0.3, -0.25) is 0 Å². The van der Waals surface area contributed by atoms with Gasteiger partial charge in [0, 0.05) is 25.3 Å². The average Bonchev–Trinajstić information content (AvgIpc) is 2.97. The number of benzene rings is 2. The van der Waals surface area contributed by atoms with Crippen molar-refractivity contribution in [3.63, 3.8) is 0 Å². The van der Waals surface area contributed by atoms with Crippen molar-refractivity contribution in [2.45, 2.75) is 13.3 Å². The number of aryl methyl sites for hydroxylation is 1. The van der Waals surface area contributed by atoms with Gasteiger partial charge >= 0.3 is 0 Å². The number of hydrogen-bond donors (Lipinski definition) is 0. The molecular formula is C19H20N2S. The molecule has 0 spiro atoms. The van der Waals surface area contributed by atoms with E-state index in [1.54, 1.807) is 11.3 Å². The first-order chi connectivity index (χ1) is 10.7. The van der Waals surface area contributed by atoms with E-state index < -0.39 is 0 Å². The molecule has 0 unspecified atom stereocenters. The van der Waals surface area contributed by atoms with Crippen LogP contribution in [0.3, 0.4) is 0 Å². The Hall–Kier alpha value is -2.13. The van der Waals surface area contributed by atoms with Gasteiger partial charge in [-0.05, 0) is 30.2 Å². The monoisotopic (exact) mass is 308 g/mol. The maximum Gasteiger partial charge on any atom is 0.0936 e. The molecule has 0 radical (unpaired) electrons. The Morgan fingerprint density at radius 1 is 1.05 bits per heavy atom. The van der Waals surface area contributed by atoms with E-state index >= 15 is 0 Å². The van der Waals surface area contributed by atoms with E-state index in [0.29, 0.717) is 0 Å². The topological polar surface area (TPSA) is 16.1 Å². The van der Waals surface area contributed by atoms with Crippen LogP contribution >= 0.6 is 11.3 Å². The number of anilines is 1. The highest BCUT2D eigenvalue weighted by Gasteiger charge is 2.04. The van der Waals surface area contributed by atoms with Gasteiger partial charge in [0.15, 0.2) is 0 Å². The van der Waals surface area contributed by atoms with Crippen molar-refractivity contribution in [1.82, 2.24) is 4.98 Å². The Bertz CT molecular complexity index is 798. The predicted octanol–water partition coefficient (Wildman–Crippen LogP) is 5.10. The van der Waals surface area contributed by atoms with Crippen molar-refractivity contribution in [2.24, 2.45) is 0 Å². The lowest BCUT2D eigenvalue weighted by Crippen LogP contribution is -2.07.